The highest BCUT2D eigenvalue weighted by molar-refractivity contribution is 5.75. The average Bonchev–Trinajstić information content (AvgIpc) is 2.62. The minimum absolute atomic E-state index is 0.0625. The van der Waals surface area contributed by atoms with Crippen LogP contribution in [0, 0.1) is 18.3 Å². The number of nitriles is 1. The SMILES string of the molecule is CCNC(=O)CCNCc1cc(C#N)n(C)c1C. The molecule has 1 aromatic heterocycles. The largest absolute Gasteiger partial charge is 0.356 e. The van der Waals surface area contributed by atoms with Crippen LogP contribution in [0.1, 0.15) is 30.3 Å². The molecule has 0 aliphatic rings. The van der Waals surface area contributed by atoms with Gasteiger partial charge in [-0.2, -0.15) is 5.26 Å². The fraction of sp³-hybridized carbons (Fsp3) is 0.538. The van der Waals surface area contributed by atoms with Crippen molar-refractivity contribution >= 4 is 5.91 Å². The number of hydrogen-bond donors (Lipinski definition) is 2. The van der Waals surface area contributed by atoms with E-state index in [9.17, 15) is 4.79 Å². The molecule has 5 nitrogen and oxygen atoms in total. The van der Waals surface area contributed by atoms with E-state index in [4.69, 9.17) is 5.26 Å². The monoisotopic (exact) mass is 248 g/mol. The van der Waals surface area contributed by atoms with Crippen molar-refractivity contribution in [3.05, 3.63) is 23.0 Å². The van der Waals surface area contributed by atoms with Crippen LogP contribution < -0.4 is 10.6 Å². The Morgan fingerprint density at radius 2 is 2.28 bits per heavy atom. The molecule has 0 aliphatic carbocycles. The fourth-order valence-electron chi connectivity index (χ4n) is 1.76. The summed E-state index contributed by atoms with van der Waals surface area (Å²) >= 11 is 0. The van der Waals surface area contributed by atoms with Crippen LogP contribution in [0.5, 0.6) is 0 Å². The maximum absolute atomic E-state index is 11.2. The lowest BCUT2D eigenvalue weighted by atomic mass is 10.2. The zero-order chi connectivity index (χ0) is 13.5. The maximum atomic E-state index is 11.2. The van der Waals surface area contributed by atoms with Gasteiger partial charge >= 0.3 is 0 Å². The van der Waals surface area contributed by atoms with Crippen molar-refractivity contribution in [3.8, 4) is 6.07 Å². The molecule has 0 aromatic carbocycles. The summed E-state index contributed by atoms with van der Waals surface area (Å²) in [6, 6.07) is 4.04. The number of nitrogens with one attached hydrogen (secondary N) is 2. The number of aromatic nitrogens is 1. The molecule has 18 heavy (non-hydrogen) atoms. The van der Waals surface area contributed by atoms with Crippen LogP contribution in [0.3, 0.4) is 0 Å². The van der Waals surface area contributed by atoms with E-state index in [2.05, 4.69) is 16.7 Å². The lowest BCUT2D eigenvalue weighted by Gasteiger charge is -2.05. The molecule has 1 amide bonds. The lowest BCUT2D eigenvalue weighted by Crippen LogP contribution is -2.27. The summed E-state index contributed by atoms with van der Waals surface area (Å²) in [7, 11) is 1.88. The molecule has 0 bridgehead atoms. The van der Waals surface area contributed by atoms with Crippen molar-refractivity contribution < 1.29 is 4.79 Å². The summed E-state index contributed by atoms with van der Waals surface area (Å²) in [4.78, 5) is 11.2. The van der Waals surface area contributed by atoms with Gasteiger partial charge in [0.2, 0.25) is 5.91 Å². The molecule has 0 fully saturated rings. The summed E-state index contributed by atoms with van der Waals surface area (Å²) in [6.07, 6.45) is 0.477. The summed E-state index contributed by atoms with van der Waals surface area (Å²) < 4.78 is 1.88. The Balaban J connectivity index is 2.41. The van der Waals surface area contributed by atoms with E-state index in [0.717, 1.165) is 11.3 Å². The van der Waals surface area contributed by atoms with E-state index in [1.165, 1.54) is 0 Å². The first-order valence-electron chi connectivity index (χ1n) is 6.12. The predicted octanol–water partition coefficient (Wildman–Crippen LogP) is 0.821. The standard InChI is InChI=1S/C13H20N4O/c1-4-16-13(18)5-6-15-9-11-7-12(8-14)17(3)10(11)2/h7,15H,4-6,9H2,1-3H3,(H,16,18). The third kappa shape index (κ3) is 3.60. The van der Waals surface area contributed by atoms with Gasteiger partial charge in [-0.1, -0.05) is 0 Å². The molecule has 0 radical (unpaired) electrons. The van der Waals surface area contributed by atoms with Gasteiger partial charge in [0.25, 0.3) is 0 Å². The Morgan fingerprint density at radius 3 is 2.83 bits per heavy atom. The van der Waals surface area contributed by atoms with Crippen LogP contribution in [0.4, 0.5) is 0 Å². The quantitative estimate of drug-likeness (QED) is 0.732. The van der Waals surface area contributed by atoms with Gasteiger partial charge in [0.1, 0.15) is 11.8 Å². The first kappa shape index (κ1) is 14.3. The highest BCUT2D eigenvalue weighted by atomic mass is 16.1. The summed E-state index contributed by atoms with van der Waals surface area (Å²) in [5.74, 6) is 0.0625. The highest BCUT2D eigenvalue weighted by Crippen LogP contribution is 2.12. The second-order valence-corrected chi connectivity index (χ2v) is 4.19. The van der Waals surface area contributed by atoms with Gasteiger partial charge in [0, 0.05) is 38.8 Å². The van der Waals surface area contributed by atoms with Gasteiger partial charge < -0.3 is 15.2 Å². The summed E-state index contributed by atoms with van der Waals surface area (Å²) in [5.41, 5.74) is 2.84. The van der Waals surface area contributed by atoms with Crippen LogP contribution in [0.15, 0.2) is 6.07 Å². The second kappa shape index (κ2) is 6.82. The van der Waals surface area contributed by atoms with Crippen LogP contribution >= 0.6 is 0 Å². The van der Waals surface area contributed by atoms with E-state index < -0.39 is 0 Å². The molecule has 0 aliphatic heterocycles. The highest BCUT2D eigenvalue weighted by Gasteiger charge is 2.08. The molecule has 1 heterocycles. The van der Waals surface area contributed by atoms with Crippen molar-refractivity contribution in [3.63, 3.8) is 0 Å². The van der Waals surface area contributed by atoms with E-state index >= 15 is 0 Å². The molecular weight excluding hydrogens is 228 g/mol. The molecule has 98 valence electrons. The van der Waals surface area contributed by atoms with Gasteiger partial charge in [0.15, 0.2) is 0 Å². The van der Waals surface area contributed by atoms with Crippen molar-refractivity contribution in [2.75, 3.05) is 13.1 Å². The molecule has 0 atom stereocenters. The van der Waals surface area contributed by atoms with Crippen LogP contribution in [-0.2, 0) is 18.4 Å². The Bertz CT molecular complexity index is 456. The van der Waals surface area contributed by atoms with Gasteiger partial charge in [-0.3, -0.25) is 4.79 Å². The number of hydrogen-bond acceptors (Lipinski definition) is 3. The average molecular weight is 248 g/mol. The topological polar surface area (TPSA) is 69.8 Å². The predicted molar refractivity (Wildman–Crippen MR) is 69.9 cm³/mol. The molecule has 0 saturated carbocycles. The maximum Gasteiger partial charge on any atom is 0.221 e. The van der Waals surface area contributed by atoms with Gasteiger partial charge in [-0.25, -0.2) is 0 Å². The molecular formula is C13H20N4O. The minimum Gasteiger partial charge on any atom is -0.356 e. The molecule has 2 N–H and O–H groups in total. The Hall–Kier alpha value is -1.80. The van der Waals surface area contributed by atoms with E-state index in [-0.39, 0.29) is 5.91 Å². The first-order valence-corrected chi connectivity index (χ1v) is 6.12. The lowest BCUT2D eigenvalue weighted by molar-refractivity contribution is -0.120. The Kier molecular flexibility index (Phi) is 5.40. The number of amides is 1. The van der Waals surface area contributed by atoms with Crippen LogP contribution in [0.25, 0.3) is 0 Å². The van der Waals surface area contributed by atoms with Crippen molar-refractivity contribution in [2.24, 2.45) is 7.05 Å². The van der Waals surface area contributed by atoms with Crippen molar-refractivity contribution in [1.29, 1.82) is 5.26 Å². The number of rotatable bonds is 6. The molecule has 5 heteroatoms. The molecule has 0 unspecified atom stereocenters. The molecule has 0 spiro atoms. The smallest absolute Gasteiger partial charge is 0.221 e. The van der Waals surface area contributed by atoms with E-state index in [1.807, 2.05) is 31.5 Å². The number of carbonyl (C=O) groups is 1. The van der Waals surface area contributed by atoms with Gasteiger partial charge in [-0.15, -0.1) is 0 Å². The van der Waals surface area contributed by atoms with Crippen molar-refractivity contribution in [2.45, 2.75) is 26.8 Å². The number of carbonyl (C=O) groups excluding carboxylic acids is 1. The molecule has 1 rings (SSSR count). The zero-order valence-electron chi connectivity index (χ0n) is 11.2. The minimum atomic E-state index is 0.0625. The molecule has 1 aromatic rings. The van der Waals surface area contributed by atoms with Gasteiger partial charge in [0.05, 0.1) is 0 Å². The first-order chi connectivity index (χ1) is 8.60. The van der Waals surface area contributed by atoms with Crippen molar-refractivity contribution in [1.82, 2.24) is 15.2 Å². The van der Waals surface area contributed by atoms with Gasteiger partial charge in [-0.05, 0) is 25.5 Å². The summed E-state index contributed by atoms with van der Waals surface area (Å²) in [5, 5.41) is 14.9. The Labute approximate surface area is 108 Å². The third-order valence-corrected chi connectivity index (χ3v) is 2.97. The number of nitrogens with zero attached hydrogens (tertiary/aromatic N) is 2. The second-order valence-electron chi connectivity index (χ2n) is 4.19. The van der Waals surface area contributed by atoms with Crippen LogP contribution in [-0.4, -0.2) is 23.6 Å². The zero-order valence-corrected chi connectivity index (χ0v) is 11.2. The van der Waals surface area contributed by atoms with E-state index in [0.29, 0.717) is 31.7 Å². The summed E-state index contributed by atoms with van der Waals surface area (Å²) in [6.45, 7) is 5.88. The van der Waals surface area contributed by atoms with Crippen LogP contribution in [0.2, 0.25) is 0 Å². The normalized spacial score (nSPS) is 10.1. The van der Waals surface area contributed by atoms with E-state index in [1.54, 1.807) is 0 Å². The Morgan fingerprint density at radius 1 is 1.56 bits per heavy atom. The third-order valence-electron chi connectivity index (χ3n) is 2.97. The molecule has 0 saturated heterocycles. The fourth-order valence-corrected chi connectivity index (χ4v) is 1.76.